The highest BCUT2D eigenvalue weighted by atomic mass is 19.3. The molecule has 0 saturated carbocycles. The van der Waals surface area contributed by atoms with E-state index >= 15 is 0 Å². The molecule has 0 aliphatic carbocycles. The van der Waals surface area contributed by atoms with E-state index in [1.54, 1.807) is 0 Å². The SMILES string of the molecule is C[C@@H](n1ncn(-c2ccccc2OCC(F)(F)C(F)F)c1=O)[C@](O)(Cn1cncn1)c1ccc(F)cc1F. The summed E-state index contributed by atoms with van der Waals surface area (Å²) in [6, 6.07) is 6.53. The smallest absolute Gasteiger partial charge is 0.350 e. The maximum absolute atomic E-state index is 14.8. The van der Waals surface area contributed by atoms with Crippen LogP contribution in [0, 0.1) is 11.6 Å². The van der Waals surface area contributed by atoms with Crippen LogP contribution in [-0.4, -0.2) is 53.2 Å². The Balaban J connectivity index is 1.74. The number of ether oxygens (including phenoxy) is 1. The highest BCUT2D eigenvalue weighted by Gasteiger charge is 2.43. The largest absolute Gasteiger partial charge is 0.485 e. The number of aromatic nitrogens is 6. The molecule has 1 N–H and O–H groups in total. The van der Waals surface area contributed by atoms with Gasteiger partial charge in [-0.05, 0) is 25.1 Å². The van der Waals surface area contributed by atoms with Gasteiger partial charge >= 0.3 is 18.0 Å². The second kappa shape index (κ2) is 10.3. The van der Waals surface area contributed by atoms with Gasteiger partial charge in [-0.15, -0.1) is 0 Å². The second-order valence-electron chi connectivity index (χ2n) is 8.36. The molecule has 202 valence electrons. The van der Waals surface area contributed by atoms with E-state index in [1.165, 1.54) is 48.5 Å². The van der Waals surface area contributed by atoms with Crippen molar-refractivity contribution in [2.45, 2.75) is 37.5 Å². The molecule has 0 saturated heterocycles. The fraction of sp³-hybridized carbons (Fsp3) is 0.304. The number of aliphatic hydroxyl groups is 1. The van der Waals surface area contributed by atoms with Crippen molar-refractivity contribution in [3.05, 3.63) is 89.1 Å². The fourth-order valence-electron chi connectivity index (χ4n) is 3.81. The molecule has 2 aromatic heterocycles. The van der Waals surface area contributed by atoms with Crippen LogP contribution in [-0.2, 0) is 12.1 Å². The zero-order valence-electron chi connectivity index (χ0n) is 19.6. The molecule has 38 heavy (non-hydrogen) atoms. The predicted molar refractivity (Wildman–Crippen MR) is 119 cm³/mol. The van der Waals surface area contributed by atoms with Crippen LogP contribution in [0.2, 0.25) is 0 Å². The van der Waals surface area contributed by atoms with Gasteiger partial charge in [-0.2, -0.15) is 19.0 Å². The monoisotopic (exact) mass is 542 g/mol. The van der Waals surface area contributed by atoms with E-state index in [2.05, 4.69) is 15.2 Å². The zero-order valence-corrected chi connectivity index (χ0v) is 19.6. The fourth-order valence-corrected chi connectivity index (χ4v) is 3.81. The van der Waals surface area contributed by atoms with Gasteiger partial charge in [0.05, 0.1) is 18.3 Å². The van der Waals surface area contributed by atoms with E-state index in [1.807, 2.05) is 0 Å². The van der Waals surface area contributed by atoms with Crippen molar-refractivity contribution in [2.75, 3.05) is 6.61 Å². The number of alkyl halides is 4. The minimum absolute atomic E-state index is 0.103. The molecule has 0 spiro atoms. The Morgan fingerprint density at radius 3 is 2.47 bits per heavy atom. The number of hydrogen-bond acceptors (Lipinski definition) is 6. The molecule has 0 aliphatic rings. The maximum Gasteiger partial charge on any atom is 0.350 e. The molecule has 0 unspecified atom stereocenters. The molecule has 15 heteroatoms. The number of para-hydroxylation sites is 2. The van der Waals surface area contributed by atoms with Gasteiger partial charge in [0, 0.05) is 11.6 Å². The highest BCUT2D eigenvalue weighted by Crippen LogP contribution is 2.36. The lowest BCUT2D eigenvalue weighted by molar-refractivity contribution is -0.148. The molecule has 2 atom stereocenters. The molecule has 4 rings (SSSR count). The molecule has 2 heterocycles. The van der Waals surface area contributed by atoms with E-state index < -0.39 is 54.5 Å². The van der Waals surface area contributed by atoms with Gasteiger partial charge in [0.1, 0.15) is 42.0 Å². The summed E-state index contributed by atoms with van der Waals surface area (Å²) in [6.45, 7) is -0.717. The molecule has 0 amide bonds. The van der Waals surface area contributed by atoms with Crippen LogP contribution in [0.15, 0.2) is 66.2 Å². The van der Waals surface area contributed by atoms with Gasteiger partial charge in [-0.25, -0.2) is 41.3 Å². The molecule has 0 aliphatic heterocycles. The first kappa shape index (κ1) is 26.9. The molecule has 0 fully saturated rings. The van der Waals surface area contributed by atoms with Crippen molar-refractivity contribution in [3.8, 4) is 11.4 Å². The van der Waals surface area contributed by atoms with Crippen molar-refractivity contribution < 1.29 is 36.2 Å². The lowest BCUT2D eigenvalue weighted by Crippen LogP contribution is -2.44. The summed E-state index contributed by atoms with van der Waals surface area (Å²) in [5.41, 5.74) is -3.59. The minimum Gasteiger partial charge on any atom is -0.485 e. The summed E-state index contributed by atoms with van der Waals surface area (Å²) in [7, 11) is 0. The molecule has 2 aromatic carbocycles. The summed E-state index contributed by atoms with van der Waals surface area (Å²) in [5.74, 6) is -6.74. The number of halogens is 6. The third-order valence-corrected chi connectivity index (χ3v) is 5.88. The van der Waals surface area contributed by atoms with Gasteiger partial charge in [0.2, 0.25) is 0 Å². The van der Waals surface area contributed by atoms with Crippen LogP contribution in [0.25, 0.3) is 5.69 Å². The first-order valence-corrected chi connectivity index (χ1v) is 11.0. The van der Waals surface area contributed by atoms with Crippen LogP contribution in [0.1, 0.15) is 18.5 Å². The third-order valence-electron chi connectivity index (χ3n) is 5.88. The average molecular weight is 542 g/mol. The van der Waals surface area contributed by atoms with Crippen LogP contribution in [0.4, 0.5) is 26.3 Å². The van der Waals surface area contributed by atoms with Crippen molar-refractivity contribution in [2.24, 2.45) is 0 Å². The van der Waals surface area contributed by atoms with E-state index in [0.29, 0.717) is 6.07 Å². The predicted octanol–water partition coefficient (Wildman–Crippen LogP) is 3.33. The minimum atomic E-state index is -4.44. The van der Waals surface area contributed by atoms with Crippen molar-refractivity contribution >= 4 is 0 Å². The molecular formula is C23H20F6N6O3. The van der Waals surface area contributed by atoms with Gasteiger partial charge in [-0.1, -0.05) is 18.2 Å². The molecular weight excluding hydrogens is 522 g/mol. The van der Waals surface area contributed by atoms with Crippen LogP contribution < -0.4 is 10.4 Å². The normalized spacial score (nSPS) is 14.4. The number of rotatable bonds is 10. The molecule has 9 nitrogen and oxygen atoms in total. The Morgan fingerprint density at radius 1 is 1.08 bits per heavy atom. The van der Waals surface area contributed by atoms with Crippen LogP contribution >= 0.6 is 0 Å². The van der Waals surface area contributed by atoms with Crippen molar-refractivity contribution in [3.63, 3.8) is 0 Å². The molecule has 0 radical (unpaired) electrons. The van der Waals surface area contributed by atoms with Gasteiger partial charge < -0.3 is 9.84 Å². The first-order valence-electron chi connectivity index (χ1n) is 11.0. The quantitative estimate of drug-likeness (QED) is 0.309. The van der Waals surface area contributed by atoms with E-state index in [0.717, 1.165) is 27.7 Å². The lowest BCUT2D eigenvalue weighted by Gasteiger charge is -2.34. The summed E-state index contributed by atoms with van der Waals surface area (Å²) in [5, 5.41) is 19.6. The van der Waals surface area contributed by atoms with Gasteiger partial charge in [0.25, 0.3) is 0 Å². The van der Waals surface area contributed by atoms with Crippen LogP contribution in [0.5, 0.6) is 5.75 Å². The standard InChI is InChI=1S/C23H20F6N6O3/c1-14(22(37,9-33-12-30-11-31-33)16-7-6-15(24)8-17(16)25)35-21(36)34(13-32-35)18-4-2-3-5-19(18)38-10-23(28,29)20(26)27/h2-8,11-14,20,37H,9-10H2,1H3/t14-,22-/m1/s1. The topological polar surface area (TPSA) is 100.0 Å². The second-order valence-corrected chi connectivity index (χ2v) is 8.36. The van der Waals surface area contributed by atoms with Gasteiger partial charge in [-0.3, -0.25) is 0 Å². The number of hydrogen-bond donors (Lipinski definition) is 1. The summed E-state index contributed by atoms with van der Waals surface area (Å²) in [6.07, 6.45) is -0.566. The van der Waals surface area contributed by atoms with E-state index in [4.69, 9.17) is 4.74 Å². The Bertz CT molecular complexity index is 1460. The third kappa shape index (κ3) is 5.14. The van der Waals surface area contributed by atoms with Crippen molar-refractivity contribution in [1.82, 2.24) is 29.1 Å². The number of nitrogens with zero attached hydrogens (tertiary/aromatic N) is 6. The summed E-state index contributed by atoms with van der Waals surface area (Å²) < 4.78 is 88.1. The molecule has 0 bridgehead atoms. The number of benzene rings is 2. The van der Waals surface area contributed by atoms with Gasteiger partial charge in [0.15, 0.2) is 6.61 Å². The average Bonchev–Trinajstić information content (AvgIpc) is 3.51. The van der Waals surface area contributed by atoms with E-state index in [-0.39, 0.29) is 17.0 Å². The Morgan fingerprint density at radius 2 is 1.82 bits per heavy atom. The van der Waals surface area contributed by atoms with E-state index in [9.17, 15) is 36.2 Å². The molecule has 4 aromatic rings. The maximum atomic E-state index is 14.8. The van der Waals surface area contributed by atoms with Crippen LogP contribution in [0.3, 0.4) is 0 Å². The highest BCUT2D eigenvalue weighted by molar-refractivity contribution is 5.46. The Kier molecular flexibility index (Phi) is 7.31. The Labute approximate surface area is 210 Å². The van der Waals surface area contributed by atoms with Crippen molar-refractivity contribution in [1.29, 1.82) is 0 Å². The first-order chi connectivity index (χ1) is 17.9. The summed E-state index contributed by atoms with van der Waals surface area (Å²) >= 11 is 0. The lowest BCUT2D eigenvalue weighted by atomic mass is 9.86. The zero-order chi connectivity index (χ0) is 27.7. The summed E-state index contributed by atoms with van der Waals surface area (Å²) in [4.78, 5) is 17.1. The Hall–Kier alpha value is -4.14.